The Morgan fingerprint density at radius 1 is 1.35 bits per heavy atom. The van der Waals surface area contributed by atoms with Crippen LogP contribution in [-0.2, 0) is 10.0 Å². The fourth-order valence-corrected chi connectivity index (χ4v) is 3.79. The molecule has 0 saturated heterocycles. The first-order valence-electron chi connectivity index (χ1n) is 6.12. The number of carbonyl (C=O) groups excluding carboxylic acids is 1. The average molecular weight is 365 g/mol. The second-order valence-electron chi connectivity index (χ2n) is 4.77. The van der Waals surface area contributed by atoms with Gasteiger partial charge in [-0.1, -0.05) is 12.8 Å². The van der Waals surface area contributed by atoms with Crippen molar-refractivity contribution in [2.45, 2.75) is 36.6 Å². The smallest absolute Gasteiger partial charge is 0.251 e. The number of nitrogens with two attached hydrogens (primary N) is 1. The number of hydrogen-bond donors (Lipinski definition) is 2. The molecule has 0 unspecified atom stereocenters. The summed E-state index contributed by atoms with van der Waals surface area (Å²) in [7, 11) is -4.11. The normalized spacial score (nSPS) is 16.4. The summed E-state index contributed by atoms with van der Waals surface area (Å²) < 4.78 is 36.2. The molecule has 1 fully saturated rings. The van der Waals surface area contributed by atoms with Crippen molar-refractivity contribution in [3.8, 4) is 0 Å². The zero-order valence-electron chi connectivity index (χ0n) is 10.5. The monoisotopic (exact) mass is 364 g/mol. The van der Waals surface area contributed by atoms with Gasteiger partial charge in [-0.3, -0.25) is 4.79 Å². The Balaban J connectivity index is 2.32. The van der Waals surface area contributed by atoms with Crippen molar-refractivity contribution >= 4 is 31.9 Å². The van der Waals surface area contributed by atoms with Crippen molar-refractivity contribution in [2.24, 2.45) is 5.14 Å². The number of nitrogens with one attached hydrogen (secondary N) is 1. The van der Waals surface area contributed by atoms with E-state index < -0.39 is 26.6 Å². The van der Waals surface area contributed by atoms with E-state index in [0.717, 1.165) is 37.8 Å². The summed E-state index contributed by atoms with van der Waals surface area (Å²) in [6.45, 7) is 0. The van der Waals surface area contributed by atoms with Gasteiger partial charge in [-0.15, -0.1) is 0 Å². The van der Waals surface area contributed by atoms with E-state index in [0.29, 0.717) is 0 Å². The van der Waals surface area contributed by atoms with Crippen LogP contribution in [0.4, 0.5) is 4.39 Å². The average Bonchev–Trinajstić information content (AvgIpc) is 2.83. The molecule has 1 aromatic carbocycles. The summed E-state index contributed by atoms with van der Waals surface area (Å²) in [4.78, 5) is 11.6. The summed E-state index contributed by atoms with van der Waals surface area (Å²) >= 11 is 2.82. The van der Waals surface area contributed by atoms with Crippen LogP contribution in [0.1, 0.15) is 36.0 Å². The van der Waals surface area contributed by atoms with Gasteiger partial charge < -0.3 is 5.32 Å². The number of benzene rings is 1. The van der Waals surface area contributed by atoms with Gasteiger partial charge in [0, 0.05) is 11.6 Å². The Hall–Kier alpha value is -0.990. The lowest BCUT2D eigenvalue weighted by Crippen LogP contribution is -2.32. The molecule has 0 aromatic heterocycles. The fourth-order valence-electron chi connectivity index (χ4n) is 2.24. The van der Waals surface area contributed by atoms with Gasteiger partial charge in [-0.25, -0.2) is 17.9 Å². The van der Waals surface area contributed by atoms with Crippen LogP contribution < -0.4 is 10.5 Å². The maximum absolute atomic E-state index is 13.7. The first-order chi connectivity index (χ1) is 9.29. The van der Waals surface area contributed by atoms with Gasteiger partial charge in [0.05, 0.1) is 9.37 Å². The molecule has 1 aromatic rings. The van der Waals surface area contributed by atoms with E-state index in [1.807, 2.05) is 0 Å². The quantitative estimate of drug-likeness (QED) is 0.858. The van der Waals surface area contributed by atoms with Crippen molar-refractivity contribution in [3.05, 3.63) is 28.0 Å². The highest BCUT2D eigenvalue weighted by atomic mass is 79.9. The molecule has 1 amide bonds. The Bertz CT molecular complexity index is 642. The van der Waals surface area contributed by atoms with E-state index in [1.54, 1.807) is 0 Å². The molecule has 1 aliphatic rings. The molecule has 0 bridgehead atoms. The maximum Gasteiger partial charge on any atom is 0.251 e. The van der Waals surface area contributed by atoms with Crippen LogP contribution in [-0.4, -0.2) is 20.4 Å². The van der Waals surface area contributed by atoms with E-state index >= 15 is 0 Å². The fraction of sp³-hybridized carbons (Fsp3) is 0.417. The van der Waals surface area contributed by atoms with Gasteiger partial charge in [0.1, 0.15) is 5.82 Å². The molecule has 5 nitrogen and oxygen atoms in total. The highest BCUT2D eigenvalue weighted by Gasteiger charge is 2.22. The molecule has 0 aliphatic heterocycles. The van der Waals surface area contributed by atoms with Gasteiger partial charge in [0.25, 0.3) is 5.91 Å². The minimum atomic E-state index is -4.11. The number of amides is 1. The first-order valence-corrected chi connectivity index (χ1v) is 8.45. The van der Waals surface area contributed by atoms with E-state index in [4.69, 9.17) is 5.14 Å². The number of halogens is 2. The highest BCUT2D eigenvalue weighted by molar-refractivity contribution is 9.10. The Morgan fingerprint density at radius 2 is 1.95 bits per heavy atom. The predicted molar refractivity (Wildman–Crippen MR) is 75.2 cm³/mol. The summed E-state index contributed by atoms with van der Waals surface area (Å²) in [6.07, 6.45) is 3.85. The molecule has 110 valence electrons. The van der Waals surface area contributed by atoms with Crippen LogP contribution in [0.25, 0.3) is 0 Å². The molecular formula is C12H14BrFN2O3S. The number of carbonyl (C=O) groups is 1. The van der Waals surface area contributed by atoms with Gasteiger partial charge in [-0.2, -0.15) is 0 Å². The van der Waals surface area contributed by atoms with Crippen LogP contribution in [0.2, 0.25) is 0 Å². The molecule has 0 heterocycles. The topological polar surface area (TPSA) is 89.3 Å². The zero-order valence-corrected chi connectivity index (χ0v) is 12.9. The van der Waals surface area contributed by atoms with Crippen molar-refractivity contribution in [3.63, 3.8) is 0 Å². The third-order valence-corrected chi connectivity index (χ3v) is 5.26. The molecule has 0 atom stereocenters. The molecule has 2 rings (SSSR count). The number of primary sulfonamides is 1. The molecule has 1 saturated carbocycles. The minimum absolute atomic E-state index is 0.0541. The second-order valence-corrected chi connectivity index (χ2v) is 7.09. The van der Waals surface area contributed by atoms with Crippen molar-refractivity contribution in [1.82, 2.24) is 5.32 Å². The summed E-state index contributed by atoms with van der Waals surface area (Å²) in [5.41, 5.74) is -0.0541. The Kier molecular flexibility index (Phi) is 4.46. The number of sulfonamides is 1. The van der Waals surface area contributed by atoms with Crippen molar-refractivity contribution in [2.75, 3.05) is 0 Å². The van der Waals surface area contributed by atoms with Crippen LogP contribution in [0, 0.1) is 5.82 Å². The molecule has 3 N–H and O–H groups in total. The summed E-state index contributed by atoms with van der Waals surface area (Å²) in [5, 5.41) is 7.77. The van der Waals surface area contributed by atoms with E-state index in [9.17, 15) is 17.6 Å². The summed E-state index contributed by atoms with van der Waals surface area (Å²) in [6, 6.07) is 2.13. The molecule has 8 heteroatoms. The van der Waals surface area contributed by atoms with Crippen LogP contribution in [0.5, 0.6) is 0 Å². The van der Waals surface area contributed by atoms with Crippen LogP contribution in [0.15, 0.2) is 21.5 Å². The predicted octanol–water partition coefficient (Wildman–Crippen LogP) is 1.91. The van der Waals surface area contributed by atoms with Gasteiger partial charge in [0.2, 0.25) is 10.0 Å². The van der Waals surface area contributed by atoms with Gasteiger partial charge in [0.15, 0.2) is 0 Å². The van der Waals surface area contributed by atoms with E-state index in [-0.39, 0.29) is 16.1 Å². The van der Waals surface area contributed by atoms with E-state index in [2.05, 4.69) is 21.2 Å². The molecule has 1 aliphatic carbocycles. The van der Waals surface area contributed by atoms with Gasteiger partial charge in [-0.05, 0) is 40.9 Å². The third kappa shape index (κ3) is 3.36. The number of hydrogen-bond acceptors (Lipinski definition) is 3. The second kappa shape index (κ2) is 5.79. The first kappa shape index (κ1) is 15.4. The largest absolute Gasteiger partial charge is 0.349 e. The highest BCUT2D eigenvalue weighted by Crippen LogP contribution is 2.26. The molecular weight excluding hydrogens is 351 g/mol. The Labute approximate surface area is 124 Å². The molecule has 20 heavy (non-hydrogen) atoms. The summed E-state index contributed by atoms with van der Waals surface area (Å²) in [5.74, 6) is -1.33. The van der Waals surface area contributed by atoms with Crippen molar-refractivity contribution in [1.29, 1.82) is 0 Å². The minimum Gasteiger partial charge on any atom is -0.349 e. The Morgan fingerprint density at radius 3 is 2.50 bits per heavy atom. The van der Waals surface area contributed by atoms with Crippen molar-refractivity contribution < 1.29 is 17.6 Å². The SMILES string of the molecule is NS(=O)(=O)c1cc(C(=O)NC2CCCC2)cc(F)c1Br. The molecule has 0 radical (unpaired) electrons. The van der Waals surface area contributed by atoms with E-state index in [1.165, 1.54) is 0 Å². The lowest BCUT2D eigenvalue weighted by atomic mass is 10.1. The van der Waals surface area contributed by atoms with Gasteiger partial charge >= 0.3 is 0 Å². The molecule has 0 spiro atoms. The zero-order chi connectivity index (χ0) is 14.9. The maximum atomic E-state index is 13.7. The lowest BCUT2D eigenvalue weighted by Gasteiger charge is -2.13. The van der Waals surface area contributed by atoms with Crippen LogP contribution >= 0.6 is 15.9 Å². The number of rotatable bonds is 3. The van der Waals surface area contributed by atoms with Crippen LogP contribution in [0.3, 0.4) is 0 Å². The third-order valence-electron chi connectivity index (χ3n) is 3.25. The standard InChI is InChI=1S/C12H14BrFN2O3S/c13-11-9(14)5-7(6-10(11)20(15,18)19)12(17)16-8-3-1-2-4-8/h5-6,8H,1-4H2,(H,16,17)(H2,15,18,19). The lowest BCUT2D eigenvalue weighted by molar-refractivity contribution is 0.0937.